The highest BCUT2D eigenvalue weighted by molar-refractivity contribution is 9.10. The number of para-hydroxylation sites is 1. The van der Waals surface area contributed by atoms with Crippen LogP contribution in [0.25, 0.3) is 0 Å². The van der Waals surface area contributed by atoms with E-state index in [1.807, 2.05) is 31.3 Å². The van der Waals surface area contributed by atoms with Crippen LogP contribution in [0.15, 0.2) is 28.7 Å². The van der Waals surface area contributed by atoms with E-state index in [1.54, 1.807) is 0 Å². The van der Waals surface area contributed by atoms with E-state index in [9.17, 15) is 4.79 Å². The smallest absolute Gasteiger partial charge is 0.238 e. The van der Waals surface area contributed by atoms with Crippen LogP contribution in [-0.2, 0) is 4.79 Å². The number of amides is 1. The minimum Gasteiger partial charge on any atom is -0.324 e. The van der Waals surface area contributed by atoms with Crippen LogP contribution in [0.4, 0.5) is 5.69 Å². The molecule has 0 radical (unpaired) electrons. The number of rotatable bonds is 5. The van der Waals surface area contributed by atoms with E-state index >= 15 is 0 Å². The molecule has 0 bridgehead atoms. The zero-order valence-electron chi connectivity index (χ0n) is 12.3. The van der Waals surface area contributed by atoms with Crippen molar-refractivity contribution in [1.82, 2.24) is 10.2 Å². The normalized spacial score (nSPS) is 18.9. The number of piperidine rings is 1. The standard InChI is InChI=1S/C15H22BrN3O.ClH/c1-17-9-12-5-4-8-19(10-12)11-15(20)18-14-7-3-2-6-13(14)16;/h2-3,6-7,12,17H,4-5,8-11H2,1H3,(H,18,20);1H. The molecular weight excluding hydrogens is 354 g/mol. The number of anilines is 1. The third kappa shape index (κ3) is 5.94. The Hall–Kier alpha value is -0.620. The minimum atomic E-state index is 0. The molecule has 6 heteroatoms. The Balaban J connectivity index is 0.00000220. The van der Waals surface area contributed by atoms with Crippen LogP contribution in [0, 0.1) is 5.92 Å². The molecule has 118 valence electrons. The number of hydrogen-bond donors (Lipinski definition) is 2. The van der Waals surface area contributed by atoms with Crippen molar-refractivity contribution in [3.05, 3.63) is 28.7 Å². The van der Waals surface area contributed by atoms with Crippen LogP contribution in [0.1, 0.15) is 12.8 Å². The molecule has 1 heterocycles. The molecule has 1 aliphatic rings. The van der Waals surface area contributed by atoms with Gasteiger partial charge in [-0.3, -0.25) is 9.69 Å². The lowest BCUT2D eigenvalue weighted by molar-refractivity contribution is -0.117. The Morgan fingerprint density at radius 1 is 1.43 bits per heavy atom. The van der Waals surface area contributed by atoms with E-state index in [2.05, 4.69) is 31.5 Å². The quantitative estimate of drug-likeness (QED) is 0.830. The van der Waals surface area contributed by atoms with Gasteiger partial charge in [-0.25, -0.2) is 0 Å². The minimum absolute atomic E-state index is 0. The molecule has 1 amide bonds. The molecule has 1 aromatic carbocycles. The average molecular weight is 377 g/mol. The first-order valence-electron chi connectivity index (χ1n) is 7.10. The Labute approximate surface area is 141 Å². The summed E-state index contributed by atoms with van der Waals surface area (Å²) in [5.74, 6) is 0.715. The largest absolute Gasteiger partial charge is 0.324 e. The van der Waals surface area contributed by atoms with Gasteiger partial charge in [0.2, 0.25) is 5.91 Å². The van der Waals surface area contributed by atoms with Crippen LogP contribution in [0.3, 0.4) is 0 Å². The first-order chi connectivity index (χ1) is 9.69. The maximum atomic E-state index is 12.1. The highest BCUT2D eigenvalue weighted by Crippen LogP contribution is 2.21. The predicted molar refractivity (Wildman–Crippen MR) is 93.1 cm³/mol. The molecule has 2 rings (SSSR count). The number of benzene rings is 1. The predicted octanol–water partition coefficient (Wildman–Crippen LogP) is 2.74. The fraction of sp³-hybridized carbons (Fsp3) is 0.533. The Morgan fingerprint density at radius 3 is 2.90 bits per heavy atom. The fourth-order valence-electron chi connectivity index (χ4n) is 2.71. The molecule has 1 aromatic rings. The van der Waals surface area contributed by atoms with Crippen molar-refractivity contribution in [1.29, 1.82) is 0 Å². The molecule has 1 unspecified atom stereocenters. The first-order valence-corrected chi connectivity index (χ1v) is 7.89. The molecule has 4 nitrogen and oxygen atoms in total. The molecule has 1 saturated heterocycles. The van der Waals surface area contributed by atoms with Crippen molar-refractivity contribution in [3.63, 3.8) is 0 Å². The lowest BCUT2D eigenvalue weighted by Gasteiger charge is -2.32. The van der Waals surface area contributed by atoms with Gasteiger partial charge < -0.3 is 10.6 Å². The summed E-state index contributed by atoms with van der Waals surface area (Å²) in [4.78, 5) is 14.4. The SMILES string of the molecule is CNCC1CCCN(CC(=O)Nc2ccccc2Br)C1.Cl. The Morgan fingerprint density at radius 2 is 2.19 bits per heavy atom. The van der Waals surface area contributed by atoms with Gasteiger partial charge in [-0.15, -0.1) is 12.4 Å². The van der Waals surface area contributed by atoms with Crippen LogP contribution >= 0.6 is 28.3 Å². The van der Waals surface area contributed by atoms with E-state index in [1.165, 1.54) is 12.8 Å². The third-order valence-electron chi connectivity index (χ3n) is 3.61. The summed E-state index contributed by atoms with van der Waals surface area (Å²) in [5.41, 5.74) is 0.835. The summed E-state index contributed by atoms with van der Waals surface area (Å²) in [5, 5.41) is 6.19. The highest BCUT2D eigenvalue weighted by Gasteiger charge is 2.21. The van der Waals surface area contributed by atoms with Crippen molar-refractivity contribution >= 4 is 39.9 Å². The molecule has 21 heavy (non-hydrogen) atoms. The summed E-state index contributed by atoms with van der Waals surface area (Å²) < 4.78 is 0.917. The van der Waals surface area contributed by atoms with E-state index in [-0.39, 0.29) is 18.3 Å². The number of carbonyl (C=O) groups excluding carboxylic acids is 1. The monoisotopic (exact) mass is 375 g/mol. The van der Waals surface area contributed by atoms with E-state index in [4.69, 9.17) is 0 Å². The lowest BCUT2D eigenvalue weighted by Crippen LogP contribution is -2.42. The van der Waals surface area contributed by atoms with Crippen molar-refractivity contribution in [2.24, 2.45) is 5.92 Å². The summed E-state index contributed by atoms with van der Waals surface area (Å²) in [6, 6.07) is 7.69. The van der Waals surface area contributed by atoms with Crippen LogP contribution < -0.4 is 10.6 Å². The second kappa shape index (κ2) is 9.41. The van der Waals surface area contributed by atoms with Crippen molar-refractivity contribution in [3.8, 4) is 0 Å². The summed E-state index contributed by atoms with van der Waals surface area (Å²) in [6.07, 6.45) is 2.43. The number of halogens is 2. The number of likely N-dealkylation sites (tertiary alicyclic amines) is 1. The highest BCUT2D eigenvalue weighted by atomic mass is 79.9. The van der Waals surface area contributed by atoms with Crippen molar-refractivity contribution in [2.45, 2.75) is 12.8 Å². The van der Waals surface area contributed by atoms with Gasteiger partial charge >= 0.3 is 0 Å². The second-order valence-corrected chi connectivity index (χ2v) is 6.18. The maximum Gasteiger partial charge on any atom is 0.238 e. The second-order valence-electron chi connectivity index (χ2n) is 5.33. The molecule has 1 atom stereocenters. The molecule has 2 N–H and O–H groups in total. The Bertz CT molecular complexity index is 456. The molecule has 0 aromatic heterocycles. The third-order valence-corrected chi connectivity index (χ3v) is 4.30. The van der Waals surface area contributed by atoms with Crippen LogP contribution in [-0.4, -0.2) is 44.0 Å². The zero-order valence-corrected chi connectivity index (χ0v) is 14.7. The summed E-state index contributed by atoms with van der Waals surface area (Å²) in [6.45, 7) is 3.53. The molecule has 0 saturated carbocycles. The molecule has 0 aliphatic carbocycles. The van der Waals surface area contributed by atoms with E-state index in [0.717, 1.165) is 29.8 Å². The van der Waals surface area contributed by atoms with E-state index < -0.39 is 0 Å². The average Bonchev–Trinajstić information content (AvgIpc) is 2.42. The van der Waals surface area contributed by atoms with E-state index in [0.29, 0.717) is 12.5 Å². The number of hydrogen-bond acceptors (Lipinski definition) is 3. The van der Waals surface area contributed by atoms with Gasteiger partial charge in [0, 0.05) is 11.0 Å². The molecule has 1 aliphatic heterocycles. The summed E-state index contributed by atoms with van der Waals surface area (Å²) >= 11 is 3.44. The Kier molecular flexibility index (Phi) is 8.26. The van der Waals surface area contributed by atoms with Crippen LogP contribution in [0.5, 0.6) is 0 Å². The zero-order chi connectivity index (χ0) is 14.4. The molecule has 1 fully saturated rings. The molecule has 0 spiro atoms. The fourth-order valence-corrected chi connectivity index (χ4v) is 3.09. The van der Waals surface area contributed by atoms with Gasteiger partial charge in [-0.1, -0.05) is 12.1 Å². The number of nitrogens with zero attached hydrogens (tertiary/aromatic N) is 1. The van der Waals surface area contributed by atoms with Crippen molar-refractivity contribution < 1.29 is 4.79 Å². The van der Waals surface area contributed by atoms with Gasteiger partial charge in [0.25, 0.3) is 0 Å². The maximum absolute atomic E-state index is 12.1. The summed E-state index contributed by atoms with van der Waals surface area (Å²) in [7, 11) is 1.98. The van der Waals surface area contributed by atoms with Crippen LogP contribution in [0.2, 0.25) is 0 Å². The number of carbonyl (C=O) groups is 1. The number of nitrogens with one attached hydrogen (secondary N) is 2. The first kappa shape index (κ1) is 18.4. The van der Waals surface area contributed by atoms with Gasteiger partial charge in [0.15, 0.2) is 0 Å². The van der Waals surface area contributed by atoms with Gasteiger partial charge in [-0.05, 0) is 67.0 Å². The topological polar surface area (TPSA) is 44.4 Å². The van der Waals surface area contributed by atoms with Crippen molar-refractivity contribution in [2.75, 3.05) is 38.5 Å². The lowest BCUT2D eigenvalue weighted by atomic mass is 9.98. The van der Waals surface area contributed by atoms with Gasteiger partial charge in [0.05, 0.1) is 12.2 Å². The van der Waals surface area contributed by atoms with Gasteiger partial charge in [-0.2, -0.15) is 0 Å². The molecular formula is C15H23BrClN3O. The van der Waals surface area contributed by atoms with Gasteiger partial charge in [0.1, 0.15) is 0 Å².